The van der Waals surface area contributed by atoms with Crippen LogP contribution in [0.15, 0.2) is 48.5 Å². The van der Waals surface area contributed by atoms with Crippen molar-refractivity contribution in [3.8, 4) is 0 Å². The Hall–Kier alpha value is -1.57. The Bertz CT molecular complexity index is 724. The predicted molar refractivity (Wildman–Crippen MR) is 107 cm³/mol. The van der Waals surface area contributed by atoms with Gasteiger partial charge in [-0.25, -0.2) is 8.78 Å². The Labute approximate surface area is 173 Å². The number of halogens is 5. The number of rotatable bonds is 2. The molecule has 4 nitrogen and oxygen atoms in total. The monoisotopic (exact) mass is 440 g/mol. The van der Waals surface area contributed by atoms with E-state index in [0.717, 1.165) is 12.1 Å². The Kier molecular flexibility index (Phi) is 13.9. The van der Waals surface area contributed by atoms with Crippen molar-refractivity contribution in [1.29, 1.82) is 0 Å². The minimum Gasteiger partial charge on any atom is -0.276 e. The van der Waals surface area contributed by atoms with Crippen molar-refractivity contribution in [3.05, 3.63) is 71.3 Å². The van der Waals surface area contributed by atoms with Crippen molar-refractivity contribution in [2.24, 2.45) is 5.84 Å². The molecule has 0 aliphatic rings. The normalized spacial score (nSPS) is 9.63. The van der Waals surface area contributed by atoms with Gasteiger partial charge in [0.05, 0.1) is 5.56 Å². The Morgan fingerprint density at radius 1 is 0.926 bits per heavy atom. The Balaban J connectivity index is 0. The molecular weight excluding hydrogens is 421 g/mol. The number of benzene rings is 2. The molecule has 2 rings (SSSR count). The fourth-order valence-corrected chi connectivity index (χ4v) is 1.50. The fourth-order valence-electron chi connectivity index (χ4n) is 1.22. The van der Waals surface area contributed by atoms with E-state index in [2.05, 4.69) is 5.43 Å². The van der Waals surface area contributed by atoms with E-state index in [1.807, 2.05) is 26.8 Å². The highest BCUT2D eigenvalue weighted by molar-refractivity contribution is 6.68. The number of nitrogens with one attached hydrogen (secondary N) is 1. The maximum absolute atomic E-state index is 12.6. The highest BCUT2D eigenvalue weighted by Crippen LogP contribution is 2.12. The van der Waals surface area contributed by atoms with Crippen LogP contribution in [-0.4, -0.2) is 16.0 Å². The van der Waals surface area contributed by atoms with Gasteiger partial charge >= 0.3 is 0 Å². The summed E-state index contributed by atoms with van der Waals surface area (Å²) in [6.45, 7) is 6.02. The molecule has 0 saturated heterocycles. The molecule has 2 aromatic carbocycles. The summed E-state index contributed by atoms with van der Waals surface area (Å²) < 4.78 is 24.9. The van der Waals surface area contributed by atoms with E-state index in [1.165, 1.54) is 6.07 Å². The van der Waals surface area contributed by atoms with E-state index >= 15 is 0 Å². The van der Waals surface area contributed by atoms with E-state index in [1.54, 1.807) is 24.3 Å². The van der Waals surface area contributed by atoms with Crippen LogP contribution in [0.3, 0.4) is 0 Å². The van der Waals surface area contributed by atoms with E-state index in [-0.39, 0.29) is 17.9 Å². The molecule has 150 valence electrons. The second-order valence-corrected chi connectivity index (χ2v) is 6.60. The Morgan fingerprint density at radius 2 is 1.41 bits per heavy atom. The number of carbonyl (C=O) groups is 2. The number of nitrogens with two attached hydrogens (primary N) is 1. The SMILES string of the molecule is CC(C)(C)NN.Cl.O=C(Cl)c1cccc(F)c1F.O=C(Cl)c1ccccc1. The molecule has 2 aromatic rings. The number of hydrogen-bond donors (Lipinski definition) is 2. The summed E-state index contributed by atoms with van der Waals surface area (Å²) in [5.41, 5.74) is 2.78. The van der Waals surface area contributed by atoms with Gasteiger partial charge in [-0.3, -0.25) is 20.9 Å². The van der Waals surface area contributed by atoms with Crippen LogP contribution < -0.4 is 11.3 Å². The van der Waals surface area contributed by atoms with Gasteiger partial charge < -0.3 is 0 Å². The van der Waals surface area contributed by atoms with Gasteiger partial charge in [0.15, 0.2) is 11.6 Å². The van der Waals surface area contributed by atoms with Crippen molar-refractivity contribution in [2.45, 2.75) is 26.3 Å². The van der Waals surface area contributed by atoms with Gasteiger partial charge in [0.1, 0.15) is 0 Å². The molecule has 3 N–H and O–H groups in total. The van der Waals surface area contributed by atoms with Crippen LogP contribution in [0.1, 0.15) is 41.5 Å². The molecule has 0 amide bonds. The minimum atomic E-state index is -1.20. The van der Waals surface area contributed by atoms with Crippen molar-refractivity contribution in [2.75, 3.05) is 0 Å². The van der Waals surface area contributed by atoms with Crippen LogP contribution in [0.4, 0.5) is 8.78 Å². The molecular formula is C18H21Cl3F2N2O2. The van der Waals surface area contributed by atoms with Crippen LogP contribution in [0, 0.1) is 11.6 Å². The molecule has 9 heteroatoms. The van der Waals surface area contributed by atoms with Crippen molar-refractivity contribution in [3.63, 3.8) is 0 Å². The van der Waals surface area contributed by atoms with Crippen molar-refractivity contribution in [1.82, 2.24) is 5.43 Å². The van der Waals surface area contributed by atoms with Crippen molar-refractivity contribution >= 4 is 46.1 Å². The molecule has 0 spiro atoms. The molecule has 0 unspecified atom stereocenters. The van der Waals surface area contributed by atoms with Crippen LogP contribution in [0.25, 0.3) is 0 Å². The van der Waals surface area contributed by atoms with Crippen LogP contribution in [0.5, 0.6) is 0 Å². The molecule has 0 atom stereocenters. The highest BCUT2D eigenvalue weighted by Gasteiger charge is 2.11. The van der Waals surface area contributed by atoms with Crippen molar-refractivity contribution < 1.29 is 18.4 Å². The molecule has 0 saturated carbocycles. The summed E-state index contributed by atoms with van der Waals surface area (Å²) in [4.78, 5) is 20.8. The number of hydrazine groups is 1. The molecule has 0 aliphatic carbocycles. The Morgan fingerprint density at radius 3 is 1.70 bits per heavy atom. The zero-order valence-electron chi connectivity index (χ0n) is 14.9. The second-order valence-electron chi connectivity index (χ2n) is 5.91. The maximum atomic E-state index is 12.6. The summed E-state index contributed by atoms with van der Waals surface area (Å²) >= 11 is 10.1. The quantitative estimate of drug-likeness (QED) is 0.387. The van der Waals surface area contributed by atoms with E-state index in [9.17, 15) is 18.4 Å². The lowest BCUT2D eigenvalue weighted by molar-refractivity contribution is 0.107. The minimum absolute atomic E-state index is 0. The molecule has 0 heterocycles. The van der Waals surface area contributed by atoms with Gasteiger partial charge in [0, 0.05) is 11.1 Å². The first-order valence-corrected chi connectivity index (χ1v) is 8.11. The van der Waals surface area contributed by atoms with Gasteiger partial charge in [-0.05, 0) is 56.1 Å². The molecule has 0 radical (unpaired) electrons. The first-order valence-electron chi connectivity index (χ1n) is 7.36. The molecule has 27 heavy (non-hydrogen) atoms. The van der Waals surface area contributed by atoms with Crippen LogP contribution in [0.2, 0.25) is 0 Å². The number of carbonyl (C=O) groups excluding carboxylic acids is 2. The largest absolute Gasteiger partial charge is 0.276 e. The number of hydrogen-bond acceptors (Lipinski definition) is 4. The average Bonchev–Trinajstić information content (AvgIpc) is 2.58. The lowest BCUT2D eigenvalue weighted by atomic mass is 10.1. The van der Waals surface area contributed by atoms with Crippen LogP contribution >= 0.6 is 35.6 Å². The third-order valence-corrected chi connectivity index (χ3v) is 3.02. The molecule has 0 bridgehead atoms. The lowest BCUT2D eigenvalue weighted by Crippen LogP contribution is -2.41. The molecule has 0 aliphatic heterocycles. The summed E-state index contributed by atoms with van der Waals surface area (Å²) in [6, 6.07) is 12.0. The fraction of sp³-hybridized carbons (Fsp3) is 0.222. The van der Waals surface area contributed by atoms with E-state index in [4.69, 9.17) is 29.0 Å². The maximum Gasteiger partial charge on any atom is 0.255 e. The molecule has 0 aromatic heterocycles. The van der Waals surface area contributed by atoms with Gasteiger partial charge in [0.25, 0.3) is 10.5 Å². The summed E-state index contributed by atoms with van der Waals surface area (Å²) in [7, 11) is 0. The summed E-state index contributed by atoms with van der Waals surface area (Å²) in [5.74, 6) is 2.78. The third-order valence-electron chi connectivity index (χ3n) is 2.60. The van der Waals surface area contributed by atoms with Gasteiger partial charge in [-0.2, -0.15) is 0 Å². The zero-order valence-corrected chi connectivity index (χ0v) is 17.3. The third kappa shape index (κ3) is 12.4. The van der Waals surface area contributed by atoms with Gasteiger partial charge in [0.2, 0.25) is 0 Å². The van der Waals surface area contributed by atoms with E-state index < -0.39 is 27.7 Å². The second kappa shape index (κ2) is 13.6. The topological polar surface area (TPSA) is 72.2 Å². The lowest BCUT2D eigenvalue weighted by Gasteiger charge is -2.14. The smallest absolute Gasteiger partial charge is 0.255 e. The van der Waals surface area contributed by atoms with Gasteiger partial charge in [-0.1, -0.05) is 36.4 Å². The molecule has 0 fully saturated rings. The first kappa shape index (κ1) is 27.6. The van der Waals surface area contributed by atoms with Gasteiger partial charge in [-0.15, -0.1) is 12.4 Å². The highest BCUT2D eigenvalue weighted by atomic mass is 35.5. The van der Waals surface area contributed by atoms with Crippen LogP contribution in [-0.2, 0) is 0 Å². The summed E-state index contributed by atoms with van der Waals surface area (Å²) in [5, 5.41) is -1.40. The average molecular weight is 442 g/mol. The summed E-state index contributed by atoms with van der Waals surface area (Å²) in [6.07, 6.45) is 0. The van der Waals surface area contributed by atoms with E-state index in [0.29, 0.717) is 5.56 Å². The first-order chi connectivity index (χ1) is 12.0. The standard InChI is InChI=1S/C7H3ClF2O.C7H5ClO.C4H12N2.ClH/c8-7(11)4-2-1-3-5(9)6(4)10;8-7(9)6-4-2-1-3-5-6;1-4(2,3)6-5;/h1-3H;1-5H;6H,5H2,1-3H3;1H. The zero-order chi connectivity index (χ0) is 20.3. The predicted octanol–water partition coefficient (Wildman–Crippen LogP) is 5.08.